The van der Waals surface area contributed by atoms with Crippen LogP contribution >= 0.6 is 11.8 Å². The fourth-order valence-electron chi connectivity index (χ4n) is 1.18. The third-order valence-electron chi connectivity index (χ3n) is 1.81. The SMILES string of the molecule is O=C1N=C(Cc2ccccc2)SC1=O. The first-order chi connectivity index (χ1) is 6.75. The Morgan fingerprint density at radius 1 is 1.14 bits per heavy atom. The van der Waals surface area contributed by atoms with Gasteiger partial charge in [-0.25, -0.2) is 4.99 Å². The van der Waals surface area contributed by atoms with Gasteiger partial charge < -0.3 is 0 Å². The Labute approximate surface area is 85.2 Å². The fraction of sp³-hybridized carbons (Fsp3) is 0.100. The highest BCUT2D eigenvalue weighted by atomic mass is 32.2. The van der Waals surface area contributed by atoms with Gasteiger partial charge in [0.05, 0.1) is 5.04 Å². The molecule has 0 atom stereocenters. The molecule has 0 spiro atoms. The number of nitrogens with zero attached hydrogens (tertiary/aromatic N) is 1. The summed E-state index contributed by atoms with van der Waals surface area (Å²) in [6, 6.07) is 9.63. The molecule has 0 saturated carbocycles. The number of benzene rings is 1. The van der Waals surface area contributed by atoms with Crippen LogP contribution in [0.15, 0.2) is 35.3 Å². The summed E-state index contributed by atoms with van der Waals surface area (Å²) < 4.78 is 0. The first kappa shape index (κ1) is 9.15. The zero-order chi connectivity index (χ0) is 9.97. The Kier molecular flexibility index (Phi) is 2.45. The number of amides is 1. The Hall–Kier alpha value is -1.42. The summed E-state index contributed by atoms with van der Waals surface area (Å²) in [4.78, 5) is 25.3. The van der Waals surface area contributed by atoms with Crippen molar-refractivity contribution in [3.05, 3.63) is 35.9 Å². The second-order valence-electron chi connectivity index (χ2n) is 2.86. The van der Waals surface area contributed by atoms with E-state index in [0.717, 1.165) is 17.3 Å². The van der Waals surface area contributed by atoms with E-state index >= 15 is 0 Å². The lowest BCUT2D eigenvalue weighted by Gasteiger charge is -1.97. The van der Waals surface area contributed by atoms with Crippen LogP contribution in [0.2, 0.25) is 0 Å². The van der Waals surface area contributed by atoms with Crippen molar-refractivity contribution >= 4 is 27.8 Å². The number of thioether (sulfide) groups is 1. The van der Waals surface area contributed by atoms with E-state index in [4.69, 9.17) is 0 Å². The molecule has 0 radical (unpaired) electrons. The van der Waals surface area contributed by atoms with E-state index in [1.54, 1.807) is 0 Å². The Morgan fingerprint density at radius 3 is 2.43 bits per heavy atom. The second kappa shape index (κ2) is 3.75. The molecule has 0 fully saturated rings. The minimum absolute atomic E-state index is 0.476. The number of hydrogen-bond acceptors (Lipinski definition) is 3. The highest BCUT2D eigenvalue weighted by Gasteiger charge is 2.24. The lowest BCUT2D eigenvalue weighted by Crippen LogP contribution is -1.98. The van der Waals surface area contributed by atoms with Crippen molar-refractivity contribution in [2.24, 2.45) is 4.99 Å². The molecule has 70 valence electrons. The van der Waals surface area contributed by atoms with Gasteiger partial charge in [0.1, 0.15) is 0 Å². The third kappa shape index (κ3) is 1.90. The Bertz CT molecular complexity index is 411. The van der Waals surface area contributed by atoms with Crippen LogP contribution in [-0.2, 0) is 16.0 Å². The molecular formula is C10H7NO2S. The molecule has 2 rings (SSSR count). The number of hydrogen-bond donors (Lipinski definition) is 0. The predicted octanol–water partition coefficient (Wildman–Crippen LogP) is 1.43. The summed E-state index contributed by atoms with van der Waals surface area (Å²) >= 11 is 0.930. The smallest absolute Gasteiger partial charge is 0.275 e. The van der Waals surface area contributed by atoms with Crippen molar-refractivity contribution in [3.63, 3.8) is 0 Å². The zero-order valence-electron chi connectivity index (χ0n) is 7.27. The first-order valence-corrected chi connectivity index (χ1v) is 4.95. The van der Waals surface area contributed by atoms with Crippen molar-refractivity contribution in [3.8, 4) is 0 Å². The maximum absolute atomic E-state index is 10.9. The van der Waals surface area contributed by atoms with Crippen LogP contribution in [0.5, 0.6) is 0 Å². The van der Waals surface area contributed by atoms with Crippen molar-refractivity contribution in [1.82, 2.24) is 0 Å². The van der Waals surface area contributed by atoms with E-state index in [1.165, 1.54) is 0 Å². The maximum atomic E-state index is 10.9. The first-order valence-electron chi connectivity index (χ1n) is 4.13. The summed E-state index contributed by atoms with van der Waals surface area (Å²) in [6.07, 6.45) is 0.559. The van der Waals surface area contributed by atoms with Gasteiger partial charge in [-0.3, -0.25) is 9.59 Å². The van der Waals surface area contributed by atoms with Gasteiger partial charge in [-0.2, -0.15) is 0 Å². The molecule has 0 N–H and O–H groups in total. The third-order valence-corrected chi connectivity index (χ3v) is 2.64. The van der Waals surface area contributed by atoms with Gasteiger partial charge in [-0.05, 0) is 17.3 Å². The van der Waals surface area contributed by atoms with Gasteiger partial charge in [0.15, 0.2) is 0 Å². The molecule has 1 amide bonds. The molecule has 1 heterocycles. The van der Waals surface area contributed by atoms with E-state index in [0.29, 0.717) is 11.5 Å². The normalized spacial score (nSPS) is 15.9. The maximum Gasteiger partial charge on any atom is 0.325 e. The quantitative estimate of drug-likeness (QED) is 0.686. The van der Waals surface area contributed by atoms with Gasteiger partial charge in [-0.1, -0.05) is 30.3 Å². The molecule has 1 aromatic rings. The second-order valence-corrected chi connectivity index (χ2v) is 3.91. The average molecular weight is 205 g/mol. The fourth-order valence-corrected chi connectivity index (χ4v) is 1.89. The molecular weight excluding hydrogens is 198 g/mol. The van der Waals surface area contributed by atoms with Crippen molar-refractivity contribution < 1.29 is 9.59 Å². The van der Waals surface area contributed by atoms with Gasteiger partial charge in [-0.15, -0.1) is 0 Å². The van der Waals surface area contributed by atoms with E-state index < -0.39 is 11.0 Å². The molecule has 14 heavy (non-hydrogen) atoms. The van der Waals surface area contributed by atoms with E-state index in [1.807, 2.05) is 30.3 Å². The van der Waals surface area contributed by atoms with Crippen molar-refractivity contribution in [2.45, 2.75) is 6.42 Å². The summed E-state index contributed by atoms with van der Waals surface area (Å²) in [5, 5.41) is 0.113. The predicted molar refractivity (Wildman–Crippen MR) is 55.2 cm³/mol. The Balaban J connectivity index is 2.11. The van der Waals surface area contributed by atoms with Crippen LogP contribution in [0.4, 0.5) is 0 Å². The van der Waals surface area contributed by atoms with Crippen LogP contribution in [0.25, 0.3) is 0 Å². The Morgan fingerprint density at radius 2 is 1.86 bits per heavy atom. The lowest BCUT2D eigenvalue weighted by molar-refractivity contribution is -0.130. The van der Waals surface area contributed by atoms with Gasteiger partial charge >= 0.3 is 5.91 Å². The van der Waals surface area contributed by atoms with Crippen LogP contribution in [-0.4, -0.2) is 16.1 Å². The number of carbonyl (C=O) groups is 2. The zero-order valence-corrected chi connectivity index (χ0v) is 8.08. The van der Waals surface area contributed by atoms with Crippen LogP contribution in [0.1, 0.15) is 5.56 Å². The average Bonchev–Trinajstić information content (AvgIpc) is 2.47. The molecule has 0 saturated heterocycles. The van der Waals surface area contributed by atoms with Gasteiger partial charge in [0, 0.05) is 6.42 Å². The highest BCUT2D eigenvalue weighted by Crippen LogP contribution is 2.18. The number of rotatable bonds is 2. The largest absolute Gasteiger partial charge is 0.325 e. The van der Waals surface area contributed by atoms with E-state index in [-0.39, 0.29) is 0 Å². The molecule has 0 unspecified atom stereocenters. The topological polar surface area (TPSA) is 46.5 Å². The van der Waals surface area contributed by atoms with Crippen molar-refractivity contribution in [2.75, 3.05) is 0 Å². The molecule has 1 aliphatic heterocycles. The van der Waals surface area contributed by atoms with Crippen LogP contribution in [0, 0.1) is 0 Å². The molecule has 1 aromatic carbocycles. The summed E-state index contributed by atoms with van der Waals surface area (Å²) in [6.45, 7) is 0. The summed E-state index contributed by atoms with van der Waals surface area (Å²) in [7, 11) is 0. The molecule has 4 heteroatoms. The summed E-state index contributed by atoms with van der Waals surface area (Å²) in [5.41, 5.74) is 1.06. The molecule has 0 aliphatic carbocycles. The highest BCUT2D eigenvalue weighted by molar-refractivity contribution is 8.28. The number of aliphatic imine (C=N–C) groups is 1. The molecule has 3 nitrogen and oxygen atoms in total. The minimum atomic E-state index is -0.638. The lowest BCUT2D eigenvalue weighted by atomic mass is 10.2. The van der Waals surface area contributed by atoms with Gasteiger partial charge in [0.2, 0.25) is 0 Å². The monoisotopic (exact) mass is 205 g/mol. The minimum Gasteiger partial charge on any atom is -0.275 e. The van der Waals surface area contributed by atoms with Gasteiger partial charge in [0.25, 0.3) is 5.12 Å². The van der Waals surface area contributed by atoms with Crippen LogP contribution in [0.3, 0.4) is 0 Å². The van der Waals surface area contributed by atoms with Crippen molar-refractivity contribution in [1.29, 1.82) is 0 Å². The molecule has 0 aromatic heterocycles. The molecule has 0 bridgehead atoms. The van der Waals surface area contributed by atoms with E-state index in [9.17, 15) is 9.59 Å². The van der Waals surface area contributed by atoms with Crippen LogP contribution < -0.4 is 0 Å². The van der Waals surface area contributed by atoms with E-state index in [2.05, 4.69) is 4.99 Å². The standard InChI is InChI=1S/C10H7NO2S/c12-9-10(13)14-8(11-9)6-7-4-2-1-3-5-7/h1-5H,6H2. The molecule has 1 aliphatic rings. The summed E-state index contributed by atoms with van der Waals surface area (Å²) in [5.74, 6) is -0.638. The number of carbonyl (C=O) groups excluding carboxylic acids is 2.